The number of rotatable bonds is 0. The summed E-state index contributed by atoms with van der Waals surface area (Å²) in [5.41, 5.74) is 1.26. The van der Waals surface area contributed by atoms with Gasteiger partial charge in [-0.25, -0.2) is 0 Å². The zero-order valence-electron chi connectivity index (χ0n) is 5.32. The van der Waals surface area contributed by atoms with Crippen molar-refractivity contribution in [3.05, 3.63) is 18.2 Å². The molecular formula is C6H4AgN3O. The monoisotopic (exact) mass is 241 g/mol. The molecule has 0 unspecified atom stereocenters. The summed E-state index contributed by atoms with van der Waals surface area (Å²) in [4.78, 5) is 0. The zero-order chi connectivity index (χ0) is 7.84. The molecule has 0 aliphatic rings. The van der Waals surface area contributed by atoms with E-state index in [0.717, 1.165) is 5.52 Å². The van der Waals surface area contributed by atoms with Crippen LogP contribution in [-0.4, -0.2) is 18.5 Å². The molecule has 5 heteroatoms. The number of fused-ring (bicyclic) bond motifs is 1. The van der Waals surface area contributed by atoms with Crippen LogP contribution in [0.5, 0.6) is 5.75 Å². The van der Waals surface area contributed by atoms with Crippen LogP contribution in [0.4, 0.5) is 0 Å². The van der Waals surface area contributed by atoms with Gasteiger partial charge in [0.2, 0.25) is 0 Å². The van der Waals surface area contributed by atoms with Crippen molar-refractivity contribution in [2.75, 3.05) is 0 Å². The summed E-state index contributed by atoms with van der Waals surface area (Å²) in [6.45, 7) is 0. The quantitative estimate of drug-likeness (QED) is 0.682. The molecule has 60 valence electrons. The maximum atomic E-state index is 9.25. The summed E-state index contributed by atoms with van der Waals surface area (Å²) in [6, 6.07) is 5.12. The van der Waals surface area contributed by atoms with Crippen LogP contribution in [-0.2, 0) is 21.3 Å². The molecule has 0 saturated heterocycles. The molecule has 0 spiro atoms. The average molecular weight is 242 g/mol. The van der Waals surface area contributed by atoms with Crippen molar-refractivity contribution >= 4 is 11.0 Å². The summed E-state index contributed by atoms with van der Waals surface area (Å²) in [7, 11) is 0. The third kappa shape index (κ3) is 0.956. The fraction of sp³-hybridized carbons (Fsp3) is 0. The number of benzene rings is 1. The van der Waals surface area contributed by atoms with Crippen LogP contribution in [0.2, 0.25) is 0 Å². The van der Waals surface area contributed by atoms with Gasteiger partial charge in [-0.1, -0.05) is 0 Å². The van der Waals surface area contributed by atoms with Crippen LogP contribution in [0.15, 0.2) is 18.2 Å². The Labute approximate surface area is 75.1 Å². The molecule has 4 nitrogen and oxygen atoms in total. The summed E-state index contributed by atoms with van der Waals surface area (Å²) >= 11 is 3.15. The van der Waals surface area contributed by atoms with Crippen molar-refractivity contribution in [1.82, 2.24) is 13.4 Å². The molecule has 0 aliphatic heterocycles. The van der Waals surface area contributed by atoms with E-state index < -0.39 is 0 Å². The first-order valence-electron chi connectivity index (χ1n) is 2.95. The van der Waals surface area contributed by atoms with E-state index in [-0.39, 0.29) is 5.75 Å². The Kier molecular flexibility index (Phi) is 1.45. The summed E-state index contributed by atoms with van der Waals surface area (Å²) in [6.07, 6.45) is 0. The average Bonchev–Trinajstić information content (AvgIpc) is 2.35. The SMILES string of the molecule is Oc1cccc2c1nn[n]2[Ag]. The summed E-state index contributed by atoms with van der Waals surface area (Å²) in [5, 5.41) is 16.7. The van der Waals surface area contributed by atoms with Gasteiger partial charge in [0, 0.05) is 0 Å². The van der Waals surface area contributed by atoms with Crippen LogP contribution in [0.1, 0.15) is 0 Å². The van der Waals surface area contributed by atoms with Gasteiger partial charge in [0.05, 0.1) is 0 Å². The van der Waals surface area contributed by atoms with E-state index in [1.165, 1.54) is 3.09 Å². The number of aromatic hydroxyl groups is 1. The molecular weight excluding hydrogens is 238 g/mol. The molecule has 2 rings (SSSR count). The Morgan fingerprint density at radius 1 is 1.45 bits per heavy atom. The molecule has 0 saturated carbocycles. The first-order valence-corrected chi connectivity index (χ1v) is 3.61. The minimum atomic E-state index is 0.146. The van der Waals surface area contributed by atoms with Gasteiger partial charge in [-0.15, -0.1) is 0 Å². The van der Waals surface area contributed by atoms with E-state index in [9.17, 15) is 5.11 Å². The molecule has 11 heavy (non-hydrogen) atoms. The molecule has 0 amide bonds. The van der Waals surface area contributed by atoms with Crippen molar-refractivity contribution < 1.29 is 26.4 Å². The second-order valence-electron chi connectivity index (χ2n) is 2.06. The zero-order valence-corrected chi connectivity index (χ0v) is 6.80. The third-order valence-electron chi connectivity index (χ3n) is 1.39. The van der Waals surface area contributed by atoms with Crippen LogP contribution < -0.4 is 0 Å². The number of aromatic nitrogens is 3. The molecule has 1 heterocycles. The molecule has 2 aromatic rings. The predicted octanol–water partition coefficient (Wildman–Crippen LogP) is 0.447. The predicted molar refractivity (Wildman–Crippen MR) is 34.6 cm³/mol. The number of nitrogens with zero attached hydrogens (tertiary/aromatic N) is 3. The summed E-state index contributed by atoms with van der Waals surface area (Å²) < 4.78 is 1.43. The molecule has 0 atom stereocenters. The van der Waals surface area contributed by atoms with Gasteiger partial charge in [-0.2, -0.15) is 0 Å². The summed E-state index contributed by atoms with van der Waals surface area (Å²) in [5.74, 6) is 0.146. The molecule has 0 radical (unpaired) electrons. The van der Waals surface area contributed by atoms with E-state index >= 15 is 0 Å². The molecule has 1 aromatic heterocycles. The molecule has 0 fully saturated rings. The molecule has 0 aliphatic carbocycles. The Hall–Kier alpha value is -0.840. The number of phenols is 1. The van der Waals surface area contributed by atoms with Gasteiger partial charge in [0.25, 0.3) is 0 Å². The van der Waals surface area contributed by atoms with Crippen molar-refractivity contribution in [2.45, 2.75) is 0 Å². The van der Waals surface area contributed by atoms with Crippen molar-refractivity contribution in [3.63, 3.8) is 0 Å². The minimum absolute atomic E-state index is 0.146. The van der Waals surface area contributed by atoms with Crippen molar-refractivity contribution in [1.29, 1.82) is 0 Å². The van der Waals surface area contributed by atoms with E-state index in [1.54, 1.807) is 12.1 Å². The van der Waals surface area contributed by atoms with Gasteiger partial charge in [0.15, 0.2) is 0 Å². The van der Waals surface area contributed by atoms with Crippen LogP contribution >= 0.6 is 0 Å². The topological polar surface area (TPSA) is 50.9 Å². The second kappa shape index (κ2) is 2.34. The number of phenolic OH excluding ortho intramolecular Hbond substituents is 1. The Morgan fingerprint density at radius 3 is 3.00 bits per heavy atom. The van der Waals surface area contributed by atoms with Gasteiger partial charge in [-0.3, -0.25) is 0 Å². The number of hydrogen-bond acceptors (Lipinski definition) is 3. The number of hydrogen-bond donors (Lipinski definition) is 1. The Bertz CT molecular complexity index is 398. The van der Waals surface area contributed by atoms with Crippen molar-refractivity contribution in [2.24, 2.45) is 0 Å². The molecule has 0 bridgehead atoms. The second-order valence-corrected chi connectivity index (χ2v) is 2.69. The van der Waals surface area contributed by atoms with Gasteiger partial charge in [-0.05, 0) is 0 Å². The van der Waals surface area contributed by atoms with Gasteiger partial charge in [0.1, 0.15) is 0 Å². The first-order chi connectivity index (χ1) is 5.29. The Balaban J connectivity index is 2.94. The maximum absolute atomic E-state index is 9.25. The third-order valence-corrected chi connectivity index (χ3v) is 1.88. The van der Waals surface area contributed by atoms with E-state index in [4.69, 9.17) is 0 Å². The first kappa shape index (κ1) is 6.84. The fourth-order valence-corrected chi connectivity index (χ4v) is 1.22. The standard InChI is InChI=1S/C6H4N3O.Ag/c10-5-3-1-2-4-6(5)8-9-7-4;/h1-3H,(H-,7,8,9,10);/q-1;+1. The van der Waals surface area contributed by atoms with Crippen LogP contribution in [0.3, 0.4) is 0 Å². The molecule has 1 N–H and O–H groups in total. The van der Waals surface area contributed by atoms with Crippen molar-refractivity contribution in [3.8, 4) is 5.75 Å². The Morgan fingerprint density at radius 2 is 2.27 bits per heavy atom. The molecule has 1 aromatic carbocycles. The normalized spacial score (nSPS) is 10.7. The fourth-order valence-electron chi connectivity index (χ4n) is 0.886. The van der Waals surface area contributed by atoms with E-state index in [1.807, 2.05) is 6.07 Å². The van der Waals surface area contributed by atoms with Crippen LogP contribution in [0.25, 0.3) is 11.0 Å². The van der Waals surface area contributed by atoms with Gasteiger partial charge >= 0.3 is 74.8 Å². The van der Waals surface area contributed by atoms with E-state index in [2.05, 4.69) is 31.6 Å². The van der Waals surface area contributed by atoms with E-state index in [0.29, 0.717) is 5.52 Å². The van der Waals surface area contributed by atoms with Crippen LogP contribution in [0, 0.1) is 0 Å². The van der Waals surface area contributed by atoms with Gasteiger partial charge < -0.3 is 0 Å².